The molecule has 1 heterocycles. The van der Waals surface area contributed by atoms with Crippen molar-refractivity contribution in [2.24, 2.45) is 0 Å². The molecule has 0 spiro atoms. The number of carbonyl (C=O) groups excluding carboxylic acids is 2. The molecule has 138 valence electrons. The smallest absolute Gasteiger partial charge is 0.278 e. The van der Waals surface area contributed by atoms with Gasteiger partial charge in [0.25, 0.3) is 11.8 Å². The Kier molecular flexibility index (Phi) is 5.40. The molecule has 0 atom stereocenters. The van der Waals surface area contributed by atoms with Gasteiger partial charge in [-0.25, -0.2) is 0 Å². The van der Waals surface area contributed by atoms with E-state index in [0.717, 1.165) is 21.7 Å². The van der Waals surface area contributed by atoms with Crippen LogP contribution >= 0.6 is 23.2 Å². The minimum atomic E-state index is -0.421. The van der Waals surface area contributed by atoms with Gasteiger partial charge in [0.2, 0.25) is 0 Å². The highest BCUT2D eigenvalue weighted by atomic mass is 35.5. The minimum Gasteiger partial charge on any atom is -0.350 e. The van der Waals surface area contributed by atoms with E-state index in [9.17, 15) is 9.59 Å². The summed E-state index contributed by atoms with van der Waals surface area (Å²) in [5.74, 6) is -0.838. The average Bonchev–Trinajstić information content (AvgIpc) is 2.83. The number of hydrogen-bond acceptors (Lipinski definition) is 3. The van der Waals surface area contributed by atoms with Crippen molar-refractivity contribution in [2.45, 2.75) is 13.8 Å². The summed E-state index contributed by atoms with van der Waals surface area (Å²) in [6, 6.07) is 10.6. The van der Waals surface area contributed by atoms with Crippen molar-refractivity contribution >= 4 is 46.3 Å². The number of aryl methyl sites for hydroxylation is 2. The van der Waals surface area contributed by atoms with Gasteiger partial charge in [-0.05, 0) is 49.2 Å². The van der Waals surface area contributed by atoms with Gasteiger partial charge in [0.1, 0.15) is 5.70 Å². The first kappa shape index (κ1) is 19.2. The van der Waals surface area contributed by atoms with E-state index in [1.165, 1.54) is 6.08 Å². The van der Waals surface area contributed by atoms with E-state index in [0.29, 0.717) is 15.6 Å². The SMILES string of the molecule is C=CCN1C(=O)C(Nc2ccc(C)c(C)c2)=C(c2ccc(Cl)cc2Cl)C1=O. The molecule has 2 amide bonds. The fraction of sp³-hybridized carbons (Fsp3) is 0.143. The molecule has 1 aliphatic rings. The van der Waals surface area contributed by atoms with Crippen molar-refractivity contribution < 1.29 is 9.59 Å². The van der Waals surface area contributed by atoms with Crippen molar-refractivity contribution in [2.75, 3.05) is 11.9 Å². The Morgan fingerprint density at radius 3 is 2.41 bits per heavy atom. The van der Waals surface area contributed by atoms with Crippen LogP contribution in [0.4, 0.5) is 5.69 Å². The number of nitrogens with zero attached hydrogens (tertiary/aromatic N) is 1. The molecule has 0 saturated heterocycles. The molecule has 0 unspecified atom stereocenters. The van der Waals surface area contributed by atoms with E-state index in [4.69, 9.17) is 23.2 Å². The molecule has 3 rings (SSSR count). The molecule has 0 fully saturated rings. The molecule has 4 nitrogen and oxygen atoms in total. The fourth-order valence-electron chi connectivity index (χ4n) is 2.89. The van der Waals surface area contributed by atoms with E-state index in [-0.39, 0.29) is 17.8 Å². The maximum atomic E-state index is 12.9. The highest BCUT2D eigenvalue weighted by Crippen LogP contribution is 2.35. The van der Waals surface area contributed by atoms with Gasteiger partial charge in [-0.1, -0.05) is 41.4 Å². The molecule has 6 heteroatoms. The maximum Gasteiger partial charge on any atom is 0.278 e. The molecule has 2 aromatic rings. The highest BCUT2D eigenvalue weighted by Gasteiger charge is 2.39. The summed E-state index contributed by atoms with van der Waals surface area (Å²) in [5.41, 5.74) is 3.80. The summed E-state index contributed by atoms with van der Waals surface area (Å²) in [4.78, 5) is 27.0. The summed E-state index contributed by atoms with van der Waals surface area (Å²) >= 11 is 12.3. The Morgan fingerprint density at radius 2 is 1.78 bits per heavy atom. The molecule has 1 aliphatic heterocycles. The standard InChI is InChI=1S/C21H18Cl2N2O2/c1-4-9-25-20(26)18(16-8-6-14(22)11-17(16)23)19(21(25)27)24-15-7-5-12(2)13(3)10-15/h4-8,10-11,24H,1,9H2,2-3H3. The predicted molar refractivity (Wildman–Crippen MR) is 110 cm³/mol. The Labute approximate surface area is 168 Å². The van der Waals surface area contributed by atoms with Gasteiger partial charge in [-0.2, -0.15) is 0 Å². The third-order valence-corrected chi connectivity index (χ3v) is 5.00. The molecular weight excluding hydrogens is 383 g/mol. The van der Waals surface area contributed by atoms with Crippen LogP contribution in [0.5, 0.6) is 0 Å². The summed E-state index contributed by atoms with van der Waals surface area (Å²) in [6.07, 6.45) is 1.51. The fourth-order valence-corrected chi connectivity index (χ4v) is 3.40. The Morgan fingerprint density at radius 1 is 1.04 bits per heavy atom. The zero-order valence-corrected chi connectivity index (χ0v) is 16.5. The molecule has 2 aromatic carbocycles. The van der Waals surface area contributed by atoms with Crippen LogP contribution in [-0.2, 0) is 9.59 Å². The zero-order chi connectivity index (χ0) is 19.7. The monoisotopic (exact) mass is 400 g/mol. The number of benzene rings is 2. The van der Waals surface area contributed by atoms with Crippen LogP contribution in [0.1, 0.15) is 16.7 Å². The molecule has 1 N–H and O–H groups in total. The van der Waals surface area contributed by atoms with Crippen molar-refractivity contribution in [3.63, 3.8) is 0 Å². The van der Waals surface area contributed by atoms with Crippen LogP contribution in [-0.4, -0.2) is 23.3 Å². The second kappa shape index (κ2) is 7.59. The van der Waals surface area contributed by atoms with Crippen molar-refractivity contribution in [1.82, 2.24) is 4.90 Å². The average molecular weight is 401 g/mol. The van der Waals surface area contributed by atoms with E-state index in [2.05, 4.69) is 11.9 Å². The normalized spacial score (nSPS) is 14.1. The lowest BCUT2D eigenvalue weighted by molar-refractivity contribution is -0.136. The first-order valence-electron chi connectivity index (χ1n) is 8.34. The summed E-state index contributed by atoms with van der Waals surface area (Å²) < 4.78 is 0. The van der Waals surface area contributed by atoms with E-state index >= 15 is 0 Å². The summed E-state index contributed by atoms with van der Waals surface area (Å²) in [6.45, 7) is 7.73. The first-order chi connectivity index (χ1) is 12.8. The molecule has 27 heavy (non-hydrogen) atoms. The molecule has 0 aliphatic carbocycles. The zero-order valence-electron chi connectivity index (χ0n) is 15.0. The van der Waals surface area contributed by atoms with Gasteiger partial charge in [0.05, 0.1) is 10.6 Å². The van der Waals surface area contributed by atoms with Gasteiger partial charge < -0.3 is 5.32 Å². The molecule has 0 aromatic heterocycles. The maximum absolute atomic E-state index is 12.9. The third kappa shape index (κ3) is 3.64. The lowest BCUT2D eigenvalue weighted by atomic mass is 10.0. The Hall–Kier alpha value is -2.56. The van der Waals surface area contributed by atoms with E-state index in [1.54, 1.807) is 18.2 Å². The number of nitrogens with one attached hydrogen (secondary N) is 1. The van der Waals surface area contributed by atoms with Crippen LogP contribution in [0.3, 0.4) is 0 Å². The number of hydrogen-bond donors (Lipinski definition) is 1. The second-order valence-electron chi connectivity index (χ2n) is 6.31. The molecule has 0 radical (unpaired) electrons. The predicted octanol–water partition coefficient (Wildman–Crippen LogP) is 4.99. The van der Waals surface area contributed by atoms with Gasteiger partial charge in [0.15, 0.2) is 0 Å². The number of imide groups is 1. The first-order valence-corrected chi connectivity index (χ1v) is 9.10. The lowest BCUT2D eigenvalue weighted by Crippen LogP contribution is -2.32. The number of carbonyl (C=O) groups is 2. The van der Waals surface area contributed by atoms with Crippen LogP contribution in [0.2, 0.25) is 10.0 Å². The molecule has 0 bridgehead atoms. The lowest BCUT2D eigenvalue weighted by Gasteiger charge is -2.13. The van der Waals surface area contributed by atoms with E-state index < -0.39 is 11.8 Å². The Bertz CT molecular complexity index is 996. The van der Waals surface area contributed by atoms with Gasteiger partial charge in [-0.15, -0.1) is 6.58 Å². The van der Waals surface area contributed by atoms with Crippen molar-refractivity contribution in [3.05, 3.63) is 81.5 Å². The van der Waals surface area contributed by atoms with Crippen LogP contribution in [0.15, 0.2) is 54.8 Å². The highest BCUT2D eigenvalue weighted by molar-refractivity contribution is 6.41. The van der Waals surface area contributed by atoms with Crippen LogP contribution in [0, 0.1) is 13.8 Å². The Balaban J connectivity index is 2.13. The van der Waals surface area contributed by atoms with Crippen LogP contribution < -0.4 is 5.32 Å². The van der Waals surface area contributed by atoms with Gasteiger partial charge in [-0.3, -0.25) is 14.5 Å². The minimum absolute atomic E-state index is 0.116. The van der Waals surface area contributed by atoms with Crippen molar-refractivity contribution in [1.29, 1.82) is 0 Å². The largest absolute Gasteiger partial charge is 0.350 e. The summed E-state index contributed by atoms with van der Waals surface area (Å²) in [5, 5.41) is 3.87. The topological polar surface area (TPSA) is 49.4 Å². The van der Waals surface area contributed by atoms with Gasteiger partial charge >= 0.3 is 0 Å². The summed E-state index contributed by atoms with van der Waals surface area (Å²) in [7, 11) is 0. The van der Waals surface area contributed by atoms with Crippen LogP contribution in [0.25, 0.3) is 5.57 Å². The third-order valence-electron chi connectivity index (χ3n) is 4.46. The molecular formula is C21H18Cl2N2O2. The number of amides is 2. The van der Waals surface area contributed by atoms with Crippen molar-refractivity contribution in [3.8, 4) is 0 Å². The number of anilines is 1. The quantitative estimate of drug-likeness (QED) is 0.568. The van der Waals surface area contributed by atoms with E-state index in [1.807, 2.05) is 32.0 Å². The van der Waals surface area contributed by atoms with Gasteiger partial charge in [0, 0.05) is 22.8 Å². The number of rotatable bonds is 5. The second-order valence-corrected chi connectivity index (χ2v) is 7.15. The molecule has 0 saturated carbocycles. The number of halogens is 2.